The van der Waals surface area contributed by atoms with Crippen LogP contribution in [-0.2, 0) is 0 Å². The van der Waals surface area contributed by atoms with E-state index in [1.54, 1.807) is 11.6 Å². The summed E-state index contributed by atoms with van der Waals surface area (Å²) in [6.45, 7) is 7.69. The molecule has 184 valence electrons. The maximum atomic E-state index is 13.3. The van der Waals surface area contributed by atoms with E-state index in [0.29, 0.717) is 11.4 Å². The summed E-state index contributed by atoms with van der Waals surface area (Å²) < 4.78 is 9.37. The predicted molar refractivity (Wildman–Crippen MR) is 137 cm³/mol. The van der Waals surface area contributed by atoms with Gasteiger partial charge in [0.05, 0.1) is 24.2 Å². The largest absolute Gasteiger partial charge is 0.493 e. The fourth-order valence-electron chi connectivity index (χ4n) is 5.92. The van der Waals surface area contributed by atoms with E-state index in [-0.39, 0.29) is 17.6 Å². The first-order valence-corrected chi connectivity index (χ1v) is 12.9. The number of rotatable bonds is 6. The van der Waals surface area contributed by atoms with E-state index in [0.717, 1.165) is 54.0 Å². The summed E-state index contributed by atoms with van der Waals surface area (Å²) in [4.78, 5) is 23.3. The summed E-state index contributed by atoms with van der Waals surface area (Å²) in [5.41, 5.74) is 5.83. The molecule has 1 aliphatic heterocycles. The number of nitrogens with one attached hydrogen (secondary N) is 1. The van der Waals surface area contributed by atoms with Crippen LogP contribution >= 0.6 is 0 Å². The Labute approximate surface area is 204 Å². The Morgan fingerprint density at radius 3 is 2.77 bits per heavy atom. The summed E-state index contributed by atoms with van der Waals surface area (Å²) in [6, 6.07) is 6.55. The third kappa shape index (κ3) is 3.93. The van der Waals surface area contributed by atoms with Gasteiger partial charge >= 0.3 is 5.69 Å². The molecule has 4 aromatic rings. The summed E-state index contributed by atoms with van der Waals surface area (Å²) >= 11 is 0. The van der Waals surface area contributed by atoms with E-state index in [1.807, 2.05) is 16.8 Å². The molecule has 1 N–H and O–H groups in total. The Morgan fingerprint density at radius 2 is 2.03 bits per heavy atom. The van der Waals surface area contributed by atoms with Crippen molar-refractivity contribution in [3.63, 3.8) is 0 Å². The third-order valence-electron chi connectivity index (χ3n) is 7.97. The molecule has 0 spiro atoms. The van der Waals surface area contributed by atoms with E-state index in [1.165, 1.54) is 37.7 Å². The van der Waals surface area contributed by atoms with E-state index >= 15 is 0 Å². The van der Waals surface area contributed by atoms with Crippen LogP contribution in [0.15, 0.2) is 35.5 Å². The number of benzene rings is 1. The van der Waals surface area contributed by atoms with Crippen molar-refractivity contribution in [1.82, 2.24) is 29.0 Å². The zero-order chi connectivity index (χ0) is 24.1. The van der Waals surface area contributed by atoms with Crippen molar-refractivity contribution in [3.8, 4) is 16.9 Å². The van der Waals surface area contributed by atoms with Crippen molar-refractivity contribution in [2.75, 3.05) is 26.7 Å². The number of hydrogen-bond donors (Lipinski definition) is 1. The van der Waals surface area contributed by atoms with Crippen LogP contribution in [0.2, 0.25) is 0 Å². The highest BCUT2D eigenvalue weighted by atomic mass is 16.5. The Kier molecular flexibility index (Phi) is 5.63. The Bertz CT molecular complexity index is 1430. The lowest BCUT2D eigenvalue weighted by Crippen LogP contribution is -2.42. The lowest BCUT2D eigenvalue weighted by Gasteiger charge is -2.37. The Balaban J connectivity index is 1.43. The normalized spacial score (nSPS) is 19.6. The Morgan fingerprint density at radius 1 is 1.17 bits per heavy atom. The van der Waals surface area contributed by atoms with E-state index in [4.69, 9.17) is 4.74 Å². The first-order valence-electron chi connectivity index (χ1n) is 12.9. The predicted octanol–water partition coefficient (Wildman–Crippen LogP) is 4.61. The van der Waals surface area contributed by atoms with Crippen molar-refractivity contribution in [2.24, 2.45) is 5.92 Å². The molecule has 1 aliphatic carbocycles. The minimum Gasteiger partial charge on any atom is -0.493 e. The molecular weight excluding hydrogens is 440 g/mol. The molecule has 3 aromatic heterocycles. The van der Waals surface area contributed by atoms with Gasteiger partial charge in [0.1, 0.15) is 6.33 Å². The number of H-pyrrole nitrogens is 1. The van der Waals surface area contributed by atoms with Gasteiger partial charge in [-0.05, 0) is 73.4 Å². The second kappa shape index (κ2) is 8.82. The van der Waals surface area contributed by atoms with Crippen LogP contribution in [-0.4, -0.2) is 55.8 Å². The minimum atomic E-state index is -0.00772. The number of likely N-dealkylation sites (tertiary alicyclic amines) is 1. The van der Waals surface area contributed by atoms with Gasteiger partial charge in [0, 0.05) is 24.8 Å². The smallest absolute Gasteiger partial charge is 0.326 e. The van der Waals surface area contributed by atoms with Gasteiger partial charge in [-0.25, -0.2) is 14.3 Å². The number of nitrogens with zero attached hydrogens (tertiary/aromatic N) is 5. The fraction of sp³-hybridized carbons (Fsp3) is 0.519. The van der Waals surface area contributed by atoms with E-state index in [9.17, 15) is 4.79 Å². The number of piperidine rings is 1. The van der Waals surface area contributed by atoms with Gasteiger partial charge in [-0.3, -0.25) is 4.57 Å². The Hall–Kier alpha value is -3.13. The number of hydrogen-bond acceptors (Lipinski definition) is 5. The second-order valence-electron chi connectivity index (χ2n) is 10.6. The molecule has 35 heavy (non-hydrogen) atoms. The zero-order valence-corrected chi connectivity index (χ0v) is 20.8. The van der Waals surface area contributed by atoms with Crippen molar-refractivity contribution < 1.29 is 4.74 Å². The molecule has 1 saturated carbocycles. The molecule has 2 fully saturated rings. The highest BCUT2D eigenvalue weighted by molar-refractivity contribution is 5.85. The molecule has 2 aliphatic rings. The zero-order valence-electron chi connectivity index (χ0n) is 20.8. The van der Waals surface area contributed by atoms with Crippen molar-refractivity contribution >= 4 is 16.7 Å². The van der Waals surface area contributed by atoms with Crippen LogP contribution in [0.4, 0.5) is 0 Å². The van der Waals surface area contributed by atoms with Crippen LogP contribution in [0.1, 0.15) is 63.5 Å². The molecule has 8 heteroatoms. The third-order valence-corrected chi connectivity index (χ3v) is 7.97. The first kappa shape index (κ1) is 22.3. The minimum absolute atomic E-state index is 0.00772. The highest BCUT2D eigenvalue weighted by Gasteiger charge is 2.28. The average molecular weight is 475 g/mol. The van der Waals surface area contributed by atoms with E-state index < -0.39 is 0 Å². The molecule has 0 bridgehead atoms. The molecule has 1 aromatic carbocycles. The van der Waals surface area contributed by atoms with Gasteiger partial charge in [0.25, 0.3) is 0 Å². The summed E-state index contributed by atoms with van der Waals surface area (Å²) in [5, 5.41) is 4.33. The fourth-order valence-corrected chi connectivity index (χ4v) is 5.92. The molecular formula is C27H34N6O2. The van der Waals surface area contributed by atoms with Gasteiger partial charge in [-0.2, -0.15) is 5.10 Å². The van der Waals surface area contributed by atoms with Crippen molar-refractivity contribution in [3.05, 3.63) is 46.8 Å². The topological polar surface area (TPSA) is 80.5 Å². The molecule has 0 radical (unpaired) electrons. The summed E-state index contributed by atoms with van der Waals surface area (Å²) in [5.74, 6) is 1.81. The number of methoxy groups -OCH3 is 1. The van der Waals surface area contributed by atoms with Gasteiger partial charge < -0.3 is 14.6 Å². The lowest BCUT2D eigenvalue weighted by molar-refractivity contribution is 0.127. The molecule has 8 nitrogen and oxygen atoms in total. The van der Waals surface area contributed by atoms with Crippen molar-refractivity contribution in [1.29, 1.82) is 0 Å². The summed E-state index contributed by atoms with van der Waals surface area (Å²) in [7, 11) is 1.65. The number of imidazole rings is 1. The van der Waals surface area contributed by atoms with Gasteiger partial charge in [-0.15, -0.1) is 0 Å². The molecule has 1 atom stereocenters. The SMILES string of the molecule is COc1cc(-c2cc3[nH]c(=O)n([C@@H]4CCCN(CC5CCC5)C4)c3cc2C(C)C)cn2ncnc12. The van der Waals surface area contributed by atoms with Gasteiger partial charge in [0.2, 0.25) is 0 Å². The van der Waals surface area contributed by atoms with Crippen LogP contribution in [0, 0.1) is 5.92 Å². The molecule has 1 saturated heterocycles. The number of aromatic amines is 1. The van der Waals surface area contributed by atoms with Crippen LogP contribution in [0.5, 0.6) is 5.75 Å². The number of pyridine rings is 1. The number of ether oxygens (including phenoxy) is 1. The van der Waals surface area contributed by atoms with Gasteiger partial charge in [0.15, 0.2) is 11.4 Å². The van der Waals surface area contributed by atoms with Crippen LogP contribution in [0.3, 0.4) is 0 Å². The quantitative estimate of drug-likeness (QED) is 0.441. The van der Waals surface area contributed by atoms with E-state index in [2.05, 4.69) is 45.9 Å². The maximum absolute atomic E-state index is 13.3. The molecule has 0 unspecified atom stereocenters. The van der Waals surface area contributed by atoms with Gasteiger partial charge in [-0.1, -0.05) is 20.3 Å². The monoisotopic (exact) mass is 474 g/mol. The van der Waals surface area contributed by atoms with Crippen molar-refractivity contribution in [2.45, 2.75) is 57.9 Å². The molecule has 4 heterocycles. The highest BCUT2D eigenvalue weighted by Crippen LogP contribution is 2.36. The second-order valence-corrected chi connectivity index (χ2v) is 10.6. The number of fused-ring (bicyclic) bond motifs is 2. The average Bonchev–Trinajstić information content (AvgIpc) is 3.43. The summed E-state index contributed by atoms with van der Waals surface area (Å²) in [6.07, 6.45) is 9.80. The molecule has 0 amide bonds. The maximum Gasteiger partial charge on any atom is 0.326 e. The lowest BCUT2D eigenvalue weighted by atomic mass is 9.84. The van der Waals surface area contributed by atoms with Crippen LogP contribution in [0.25, 0.3) is 27.8 Å². The molecule has 6 rings (SSSR count). The number of aromatic nitrogens is 5. The van der Waals surface area contributed by atoms with Crippen LogP contribution < -0.4 is 10.4 Å². The first-order chi connectivity index (χ1) is 17.0. The standard InChI is InChI=1S/C27H34N6O2/c1-17(2)21-12-24-23(11-22(21)19-10-25(35-3)26-28-16-29-32(26)14-19)30-27(34)33(24)20-8-5-9-31(15-20)13-18-6-4-7-18/h10-12,14,16-18,20H,4-9,13,15H2,1-3H3,(H,30,34)/t20-/m1/s1.